The van der Waals surface area contributed by atoms with Crippen molar-refractivity contribution in [3.05, 3.63) is 70.8 Å². The SMILES string of the molecule is CCOC(=O)Cc1ccc([C@@H](CO[Si](C)(C)C(C)(C)C)N[S+]([O-])C(C)(C)C)cc1.N[C@H](CO)c1ccc(CC(=O)O)cc1. The Labute approximate surface area is 262 Å². The minimum Gasteiger partial charge on any atom is -0.598 e. The molecule has 0 aliphatic heterocycles. The number of aliphatic carboxylic acids is 1. The van der Waals surface area contributed by atoms with Crippen LogP contribution in [0.3, 0.4) is 0 Å². The molecule has 0 radical (unpaired) electrons. The summed E-state index contributed by atoms with van der Waals surface area (Å²) in [6.45, 7) is 19.4. The molecule has 0 fully saturated rings. The van der Waals surface area contributed by atoms with Gasteiger partial charge in [-0.1, -0.05) is 69.3 Å². The van der Waals surface area contributed by atoms with Gasteiger partial charge in [0.15, 0.2) is 8.32 Å². The first-order chi connectivity index (χ1) is 19.8. The van der Waals surface area contributed by atoms with E-state index in [9.17, 15) is 14.1 Å². The highest BCUT2D eigenvalue weighted by molar-refractivity contribution is 7.90. The number of nitrogens with two attached hydrogens (primary N) is 1. The zero-order valence-electron chi connectivity index (χ0n) is 27.2. The summed E-state index contributed by atoms with van der Waals surface area (Å²) in [7, 11) is -1.94. The van der Waals surface area contributed by atoms with Gasteiger partial charge in [-0.25, -0.2) is 0 Å². The molecule has 0 amide bonds. The van der Waals surface area contributed by atoms with Crippen LogP contribution in [-0.4, -0.2) is 59.6 Å². The first-order valence-electron chi connectivity index (χ1n) is 14.5. The molecule has 0 heterocycles. The molecule has 5 N–H and O–H groups in total. The van der Waals surface area contributed by atoms with E-state index in [1.54, 1.807) is 31.2 Å². The number of rotatable bonds is 13. The molecule has 1 unspecified atom stereocenters. The number of benzene rings is 2. The Morgan fingerprint density at radius 2 is 1.44 bits per heavy atom. The van der Waals surface area contributed by atoms with Crippen molar-refractivity contribution in [3.63, 3.8) is 0 Å². The van der Waals surface area contributed by atoms with Crippen LogP contribution in [0.25, 0.3) is 0 Å². The Kier molecular flexibility index (Phi) is 15.6. The van der Waals surface area contributed by atoms with Crippen LogP contribution in [0.4, 0.5) is 0 Å². The molecule has 242 valence electrons. The summed E-state index contributed by atoms with van der Waals surface area (Å²) in [4.78, 5) is 22.1. The van der Waals surface area contributed by atoms with E-state index < -0.39 is 31.7 Å². The number of carboxylic acid groups (broad SMARTS) is 1. The Morgan fingerprint density at radius 3 is 1.86 bits per heavy atom. The van der Waals surface area contributed by atoms with Crippen molar-refractivity contribution in [1.29, 1.82) is 0 Å². The topological polar surface area (TPSA) is 154 Å². The van der Waals surface area contributed by atoms with Gasteiger partial charge in [0.25, 0.3) is 0 Å². The second-order valence-corrected chi connectivity index (χ2v) is 19.8. The van der Waals surface area contributed by atoms with Crippen molar-refractivity contribution in [2.75, 3.05) is 19.8 Å². The van der Waals surface area contributed by atoms with E-state index in [1.807, 2.05) is 45.0 Å². The van der Waals surface area contributed by atoms with E-state index in [-0.39, 0.29) is 41.2 Å². The molecule has 9 nitrogen and oxygen atoms in total. The first-order valence-corrected chi connectivity index (χ1v) is 18.6. The summed E-state index contributed by atoms with van der Waals surface area (Å²) >= 11 is -1.22. The predicted octanol–water partition coefficient (Wildman–Crippen LogP) is 5.21. The number of ether oxygens (including phenoxy) is 1. The number of carbonyl (C=O) groups is 2. The van der Waals surface area contributed by atoms with E-state index in [2.05, 4.69) is 38.6 Å². The summed E-state index contributed by atoms with van der Waals surface area (Å²) in [6, 6.07) is 14.1. The molecular weight excluding hydrogens is 585 g/mol. The average Bonchev–Trinajstić information content (AvgIpc) is 2.90. The van der Waals surface area contributed by atoms with Gasteiger partial charge in [0.2, 0.25) is 0 Å². The van der Waals surface area contributed by atoms with Gasteiger partial charge < -0.3 is 29.7 Å². The zero-order valence-corrected chi connectivity index (χ0v) is 29.0. The van der Waals surface area contributed by atoms with Crippen LogP contribution in [0.1, 0.15) is 82.8 Å². The molecule has 0 spiro atoms. The average molecular weight is 637 g/mol. The third kappa shape index (κ3) is 13.9. The van der Waals surface area contributed by atoms with Crippen LogP contribution >= 0.6 is 0 Å². The molecule has 11 heteroatoms. The number of carbonyl (C=O) groups excluding carboxylic acids is 1. The highest BCUT2D eigenvalue weighted by Crippen LogP contribution is 2.37. The normalized spacial score (nSPS) is 14.2. The van der Waals surface area contributed by atoms with Crippen LogP contribution in [0.15, 0.2) is 48.5 Å². The predicted molar refractivity (Wildman–Crippen MR) is 175 cm³/mol. The maximum Gasteiger partial charge on any atom is 0.310 e. The molecular formula is C32H52N2O7SSi. The standard InChI is InChI=1S/C22H39NO4SSi.C10H13NO3/c1-10-26-20(24)15-17-11-13-18(14-12-17)19(23-28(25)21(2,3)4)16-27-29(8,9)22(5,6)7;11-9(6-12)8-3-1-7(2-4-8)5-10(13)14/h11-14,19,23H,10,15-16H2,1-9H3;1-4,9,12H,5-6,11H2,(H,13,14)/t19-,28?;9-/m11/s1. The second kappa shape index (κ2) is 17.3. The lowest BCUT2D eigenvalue weighted by molar-refractivity contribution is -0.142. The van der Waals surface area contributed by atoms with E-state index >= 15 is 0 Å². The fourth-order valence-electron chi connectivity index (χ4n) is 3.42. The lowest BCUT2D eigenvalue weighted by Crippen LogP contribution is -2.46. The van der Waals surface area contributed by atoms with Gasteiger partial charge in [-0.2, -0.15) is 0 Å². The van der Waals surface area contributed by atoms with Crippen LogP contribution in [0.2, 0.25) is 18.1 Å². The number of aliphatic hydroxyl groups is 1. The minimum absolute atomic E-state index is 0.00857. The second-order valence-electron chi connectivity index (χ2n) is 12.9. The fourth-order valence-corrected chi connectivity index (χ4v) is 5.25. The van der Waals surface area contributed by atoms with E-state index in [4.69, 9.17) is 25.1 Å². The quantitative estimate of drug-likeness (QED) is 0.132. The molecule has 0 saturated heterocycles. The van der Waals surface area contributed by atoms with Gasteiger partial charge in [-0.15, -0.1) is 4.72 Å². The van der Waals surface area contributed by atoms with Gasteiger partial charge >= 0.3 is 11.9 Å². The number of hydrogen-bond acceptors (Lipinski definition) is 8. The molecule has 0 bridgehead atoms. The number of carboxylic acids is 1. The molecule has 2 rings (SSSR count). The van der Waals surface area contributed by atoms with Crippen LogP contribution in [0.5, 0.6) is 0 Å². The summed E-state index contributed by atoms with van der Waals surface area (Å²) in [5.74, 6) is -1.09. The smallest absolute Gasteiger partial charge is 0.310 e. The highest BCUT2D eigenvalue weighted by atomic mass is 32.2. The van der Waals surface area contributed by atoms with Gasteiger partial charge in [-0.3, -0.25) is 9.59 Å². The Bertz CT molecular complexity index is 1130. The van der Waals surface area contributed by atoms with Gasteiger partial charge in [0.05, 0.1) is 44.7 Å². The lowest BCUT2D eigenvalue weighted by atomic mass is 10.0. The molecule has 3 atom stereocenters. The molecule has 0 aromatic heterocycles. The Morgan fingerprint density at radius 1 is 0.953 bits per heavy atom. The first kappa shape index (κ1) is 38.8. The molecule has 0 saturated carbocycles. The molecule has 2 aromatic rings. The van der Waals surface area contributed by atoms with Crippen LogP contribution < -0.4 is 10.5 Å². The maximum absolute atomic E-state index is 12.7. The van der Waals surface area contributed by atoms with Gasteiger partial charge in [0.1, 0.15) is 4.75 Å². The maximum atomic E-state index is 12.7. The van der Waals surface area contributed by atoms with Crippen LogP contribution in [-0.2, 0) is 43.0 Å². The highest BCUT2D eigenvalue weighted by Gasteiger charge is 2.38. The summed E-state index contributed by atoms with van der Waals surface area (Å²) in [6.07, 6.45) is 0.259. The van der Waals surface area contributed by atoms with Crippen molar-refractivity contribution in [3.8, 4) is 0 Å². The summed E-state index contributed by atoms with van der Waals surface area (Å²) < 4.78 is 27.1. The summed E-state index contributed by atoms with van der Waals surface area (Å²) in [5, 5.41) is 17.4. The van der Waals surface area contributed by atoms with Gasteiger partial charge in [0, 0.05) is 11.4 Å². The van der Waals surface area contributed by atoms with E-state index in [1.165, 1.54) is 0 Å². The minimum atomic E-state index is -1.94. The van der Waals surface area contributed by atoms with Crippen LogP contribution in [0, 0.1) is 0 Å². The fraction of sp³-hybridized carbons (Fsp3) is 0.562. The number of hydrogen-bond donors (Lipinski definition) is 4. The van der Waals surface area contributed by atoms with Gasteiger partial charge in [-0.05, 0) is 68.1 Å². The van der Waals surface area contributed by atoms with Crippen molar-refractivity contribution in [2.24, 2.45) is 5.73 Å². The Balaban J connectivity index is 0.000000549. The molecule has 0 aliphatic rings. The summed E-state index contributed by atoms with van der Waals surface area (Å²) in [5.41, 5.74) is 9.01. The zero-order chi connectivity index (χ0) is 33.0. The van der Waals surface area contributed by atoms with Crippen molar-refractivity contribution >= 4 is 31.6 Å². The monoisotopic (exact) mass is 636 g/mol. The van der Waals surface area contributed by atoms with Crippen molar-refractivity contribution in [1.82, 2.24) is 4.72 Å². The van der Waals surface area contributed by atoms with Crippen molar-refractivity contribution in [2.45, 2.75) is 96.3 Å². The van der Waals surface area contributed by atoms with E-state index in [0.717, 1.165) is 22.3 Å². The largest absolute Gasteiger partial charge is 0.598 e. The number of esters is 1. The van der Waals surface area contributed by atoms with E-state index in [0.29, 0.717) is 13.2 Å². The van der Waals surface area contributed by atoms with Crippen molar-refractivity contribution < 1.29 is 33.5 Å². The number of aliphatic hydroxyl groups excluding tert-OH is 1. The number of nitrogens with one attached hydrogen (secondary N) is 1. The Hall–Kier alpha value is -2.25. The molecule has 2 aromatic carbocycles. The third-order valence-corrected chi connectivity index (χ3v) is 13.3. The molecule has 43 heavy (non-hydrogen) atoms. The molecule has 0 aliphatic carbocycles. The third-order valence-electron chi connectivity index (χ3n) is 7.22. The lowest BCUT2D eigenvalue weighted by Gasteiger charge is -2.37.